The van der Waals surface area contributed by atoms with Crippen molar-refractivity contribution in [3.8, 4) is 5.75 Å². The number of fused-ring (bicyclic) bond motifs is 1. The molecule has 0 spiro atoms. The van der Waals surface area contributed by atoms with Crippen molar-refractivity contribution in [3.05, 3.63) is 54.1 Å². The minimum atomic E-state index is -0.877. The molecule has 1 aliphatic heterocycles. The maximum absolute atomic E-state index is 12.5. The smallest absolute Gasteiger partial charge is 0.319 e. The van der Waals surface area contributed by atoms with Gasteiger partial charge in [0.05, 0.1) is 12.2 Å². The molecule has 0 aliphatic carbocycles. The summed E-state index contributed by atoms with van der Waals surface area (Å²) in [5.74, 6) is -0.0823. The summed E-state index contributed by atoms with van der Waals surface area (Å²) >= 11 is 0. The Bertz CT molecular complexity index is 826. The van der Waals surface area contributed by atoms with Crippen LogP contribution >= 0.6 is 0 Å². The maximum Gasteiger partial charge on any atom is 0.319 e. The Morgan fingerprint density at radius 2 is 2.00 bits per heavy atom. The molecule has 0 saturated heterocycles. The molecule has 1 aliphatic rings. The topological polar surface area (TPSA) is 90.9 Å². The van der Waals surface area contributed by atoms with Gasteiger partial charge in [-0.3, -0.25) is 4.79 Å². The van der Waals surface area contributed by atoms with Crippen LogP contribution < -0.4 is 20.3 Å². The first-order valence-corrected chi connectivity index (χ1v) is 9.32. The molecule has 0 fully saturated rings. The molecular weight excluding hydrogens is 358 g/mol. The summed E-state index contributed by atoms with van der Waals surface area (Å²) in [5, 5.41) is 14.7. The van der Waals surface area contributed by atoms with Gasteiger partial charge in [-0.15, -0.1) is 0 Å². The van der Waals surface area contributed by atoms with Crippen molar-refractivity contribution in [3.63, 3.8) is 0 Å². The lowest BCUT2D eigenvalue weighted by molar-refractivity contribution is -0.137. The first-order chi connectivity index (χ1) is 13.5. The number of nitrogens with zero attached hydrogens (tertiary/aromatic N) is 1. The number of carbonyl (C=O) groups excluding carboxylic acids is 1. The van der Waals surface area contributed by atoms with Gasteiger partial charge in [0, 0.05) is 25.2 Å². The average molecular weight is 383 g/mol. The highest BCUT2D eigenvalue weighted by molar-refractivity contribution is 5.90. The average Bonchev–Trinajstić information content (AvgIpc) is 2.67. The third-order valence-electron chi connectivity index (χ3n) is 4.68. The fourth-order valence-corrected chi connectivity index (χ4v) is 3.20. The van der Waals surface area contributed by atoms with Gasteiger partial charge in [0.2, 0.25) is 0 Å². The molecular formula is C21H25N3O4. The second-order valence-corrected chi connectivity index (χ2v) is 6.87. The van der Waals surface area contributed by atoms with Gasteiger partial charge in [-0.2, -0.15) is 0 Å². The Labute approximate surface area is 164 Å². The van der Waals surface area contributed by atoms with Crippen molar-refractivity contribution in [1.29, 1.82) is 0 Å². The second-order valence-electron chi connectivity index (χ2n) is 6.87. The van der Waals surface area contributed by atoms with Crippen LogP contribution in [0.2, 0.25) is 0 Å². The first-order valence-electron chi connectivity index (χ1n) is 9.32. The van der Waals surface area contributed by atoms with Crippen LogP contribution in [0.25, 0.3) is 0 Å². The minimum absolute atomic E-state index is 0.00123. The molecule has 148 valence electrons. The summed E-state index contributed by atoms with van der Waals surface area (Å²) in [6.45, 7) is 1.43. The van der Waals surface area contributed by atoms with E-state index < -0.39 is 5.97 Å². The predicted octanol–water partition coefficient (Wildman–Crippen LogP) is 3.11. The lowest BCUT2D eigenvalue weighted by atomic mass is 10.0. The van der Waals surface area contributed by atoms with Crippen molar-refractivity contribution in [2.24, 2.45) is 0 Å². The number of aliphatic carboxylic acids is 1. The van der Waals surface area contributed by atoms with Gasteiger partial charge in [-0.05, 0) is 36.6 Å². The summed E-state index contributed by atoms with van der Waals surface area (Å²) in [5.41, 5.74) is 2.63. The molecule has 28 heavy (non-hydrogen) atoms. The maximum atomic E-state index is 12.5. The molecule has 7 nitrogen and oxygen atoms in total. The van der Waals surface area contributed by atoms with Crippen LogP contribution in [-0.4, -0.2) is 43.3 Å². The number of carboxylic acid groups (broad SMARTS) is 1. The van der Waals surface area contributed by atoms with E-state index in [1.165, 1.54) is 0 Å². The van der Waals surface area contributed by atoms with Crippen LogP contribution in [0.5, 0.6) is 5.75 Å². The highest BCUT2D eigenvalue weighted by Crippen LogP contribution is 2.33. The summed E-state index contributed by atoms with van der Waals surface area (Å²) in [6, 6.07) is 14.6. The third-order valence-corrected chi connectivity index (χ3v) is 4.68. The number of carboxylic acids is 1. The van der Waals surface area contributed by atoms with E-state index in [-0.39, 0.29) is 18.5 Å². The van der Waals surface area contributed by atoms with Crippen LogP contribution in [0, 0.1) is 0 Å². The number of hydrogen-bond acceptors (Lipinski definition) is 4. The number of nitrogens with one attached hydrogen (secondary N) is 2. The molecule has 7 heteroatoms. The van der Waals surface area contributed by atoms with Gasteiger partial charge in [0.15, 0.2) is 0 Å². The molecule has 0 saturated carbocycles. The molecule has 2 amide bonds. The molecule has 1 unspecified atom stereocenters. The van der Waals surface area contributed by atoms with Gasteiger partial charge < -0.3 is 25.4 Å². The zero-order valence-electron chi connectivity index (χ0n) is 15.9. The first kappa shape index (κ1) is 19.5. The molecule has 0 radical (unpaired) electrons. The number of ether oxygens (including phenoxy) is 1. The second kappa shape index (κ2) is 9.12. The third kappa shape index (κ3) is 5.39. The normalized spacial score (nSPS) is 13.8. The highest BCUT2D eigenvalue weighted by Gasteiger charge is 2.18. The number of rotatable bonds is 7. The summed E-state index contributed by atoms with van der Waals surface area (Å²) in [6.07, 6.45) is 0.930. The number of carbonyl (C=O) groups is 2. The Kier molecular flexibility index (Phi) is 6.37. The van der Waals surface area contributed by atoms with Crippen molar-refractivity contribution >= 4 is 23.4 Å². The number of benzene rings is 2. The van der Waals surface area contributed by atoms with E-state index in [9.17, 15) is 9.59 Å². The predicted molar refractivity (Wildman–Crippen MR) is 108 cm³/mol. The van der Waals surface area contributed by atoms with Gasteiger partial charge >= 0.3 is 12.0 Å². The zero-order valence-corrected chi connectivity index (χ0v) is 15.9. The fourth-order valence-electron chi connectivity index (χ4n) is 3.20. The molecule has 3 rings (SSSR count). The van der Waals surface area contributed by atoms with E-state index in [1.54, 1.807) is 6.07 Å². The van der Waals surface area contributed by atoms with E-state index >= 15 is 0 Å². The van der Waals surface area contributed by atoms with Crippen LogP contribution in [0.15, 0.2) is 48.5 Å². The van der Waals surface area contributed by atoms with E-state index in [0.717, 1.165) is 23.5 Å². The molecule has 2 aromatic rings. The minimum Gasteiger partial charge on any atom is -0.490 e. The van der Waals surface area contributed by atoms with Gasteiger partial charge in [0.25, 0.3) is 0 Å². The lowest BCUT2D eigenvalue weighted by Gasteiger charge is -2.28. The number of hydrogen-bond donors (Lipinski definition) is 3. The van der Waals surface area contributed by atoms with Crippen LogP contribution in [0.1, 0.15) is 18.4 Å². The zero-order chi connectivity index (χ0) is 19.9. The summed E-state index contributed by atoms with van der Waals surface area (Å²) in [7, 11) is 1.98. The summed E-state index contributed by atoms with van der Waals surface area (Å²) in [4.78, 5) is 25.5. The largest absolute Gasteiger partial charge is 0.490 e. The van der Waals surface area contributed by atoms with Gasteiger partial charge in [-0.1, -0.05) is 30.3 Å². The number of amides is 2. The quantitative estimate of drug-likeness (QED) is 0.683. The van der Waals surface area contributed by atoms with Crippen molar-refractivity contribution < 1.29 is 19.4 Å². The Hall–Kier alpha value is -3.22. The van der Waals surface area contributed by atoms with E-state index in [1.807, 2.05) is 49.5 Å². The number of anilines is 2. The summed E-state index contributed by atoms with van der Waals surface area (Å²) < 4.78 is 5.61. The van der Waals surface area contributed by atoms with Crippen LogP contribution in [-0.2, 0) is 11.2 Å². The molecule has 2 aromatic carbocycles. The molecule has 0 bridgehead atoms. The Balaban J connectivity index is 1.64. The highest BCUT2D eigenvalue weighted by atomic mass is 16.5. The van der Waals surface area contributed by atoms with E-state index in [2.05, 4.69) is 15.5 Å². The van der Waals surface area contributed by atoms with Crippen molar-refractivity contribution in [1.82, 2.24) is 5.32 Å². The SMILES string of the molecule is CN1CCOc2ccc(NC(=O)NC(CCC(=O)O)Cc3ccccc3)cc21. The fraction of sp³-hybridized carbons (Fsp3) is 0.333. The molecule has 0 aromatic heterocycles. The van der Waals surface area contributed by atoms with Crippen LogP contribution in [0.4, 0.5) is 16.2 Å². The Morgan fingerprint density at radius 1 is 1.21 bits per heavy atom. The van der Waals surface area contributed by atoms with Gasteiger partial charge in [-0.25, -0.2) is 4.79 Å². The van der Waals surface area contributed by atoms with E-state index in [0.29, 0.717) is 25.1 Å². The van der Waals surface area contributed by atoms with Crippen molar-refractivity contribution in [2.75, 3.05) is 30.4 Å². The standard InChI is InChI=1S/C21H25N3O4/c1-24-11-12-28-19-9-7-17(14-18(19)24)23-21(27)22-16(8-10-20(25)26)13-15-5-3-2-4-6-15/h2-7,9,14,16H,8,10-13H2,1H3,(H,25,26)(H2,22,23,27). The van der Waals surface area contributed by atoms with Crippen LogP contribution in [0.3, 0.4) is 0 Å². The monoisotopic (exact) mass is 383 g/mol. The number of likely N-dealkylation sites (N-methyl/N-ethyl adjacent to an activating group) is 1. The van der Waals surface area contributed by atoms with Crippen molar-refractivity contribution in [2.45, 2.75) is 25.3 Å². The Morgan fingerprint density at radius 3 is 2.75 bits per heavy atom. The lowest BCUT2D eigenvalue weighted by Crippen LogP contribution is -2.39. The van der Waals surface area contributed by atoms with E-state index in [4.69, 9.17) is 9.84 Å². The van der Waals surface area contributed by atoms with Gasteiger partial charge in [0.1, 0.15) is 12.4 Å². The molecule has 1 atom stereocenters. The molecule has 1 heterocycles. The molecule has 3 N–H and O–H groups in total. The number of urea groups is 1.